The lowest BCUT2D eigenvalue weighted by Crippen LogP contribution is -2.45. The molecule has 0 bridgehead atoms. The van der Waals surface area contributed by atoms with Crippen LogP contribution in [0.1, 0.15) is 24.2 Å². The summed E-state index contributed by atoms with van der Waals surface area (Å²) in [6, 6.07) is 15.3. The Morgan fingerprint density at radius 2 is 2.07 bits per heavy atom. The third-order valence-electron chi connectivity index (χ3n) is 4.26. The van der Waals surface area contributed by atoms with Crippen LogP contribution in [0.4, 0.5) is 0 Å². The monoisotopic (exact) mass is 391 g/mol. The molecular formula is C21H21N5OS. The van der Waals surface area contributed by atoms with Crippen LogP contribution in [0.3, 0.4) is 0 Å². The summed E-state index contributed by atoms with van der Waals surface area (Å²) in [7, 11) is 0. The first kappa shape index (κ1) is 18.3. The zero-order chi connectivity index (χ0) is 19.7. The molecule has 0 unspecified atom stereocenters. The van der Waals surface area contributed by atoms with Crippen LogP contribution in [0.2, 0.25) is 0 Å². The fourth-order valence-corrected chi connectivity index (χ4v) is 3.57. The summed E-state index contributed by atoms with van der Waals surface area (Å²) in [5, 5.41) is 9.66. The van der Waals surface area contributed by atoms with E-state index in [0.717, 1.165) is 27.5 Å². The summed E-state index contributed by atoms with van der Waals surface area (Å²) >= 11 is 1.65. The highest BCUT2D eigenvalue weighted by Gasteiger charge is 2.15. The Morgan fingerprint density at radius 1 is 1.21 bits per heavy atom. The van der Waals surface area contributed by atoms with Crippen molar-refractivity contribution in [3.63, 3.8) is 0 Å². The summed E-state index contributed by atoms with van der Waals surface area (Å²) in [5.74, 6) is -0.150. The van der Waals surface area contributed by atoms with Crippen molar-refractivity contribution in [2.75, 3.05) is 6.54 Å². The summed E-state index contributed by atoms with van der Waals surface area (Å²) in [5.41, 5.74) is 9.44. The first-order chi connectivity index (χ1) is 13.4. The van der Waals surface area contributed by atoms with E-state index in [0.29, 0.717) is 12.1 Å². The summed E-state index contributed by atoms with van der Waals surface area (Å²) in [6.45, 7) is 4.15. The summed E-state index contributed by atoms with van der Waals surface area (Å²) in [4.78, 5) is 18.0. The van der Waals surface area contributed by atoms with Crippen LogP contribution in [0.25, 0.3) is 27.5 Å². The average molecular weight is 392 g/mol. The van der Waals surface area contributed by atoms with Gasteiger partial charge in [-0.3, -0.25) is 4.79 Å². The van der Waals surface area contributed by atoms with Gasteiger partial charge in [0, 0.05) is 23.2 Å². The van der Waals surface area contributed by atoms with Crippen LogP contribution in [-0.2, 0) is 0 Å². The number of fused-ring (bicyclic) bond motifs is 1. The van der Waals surface area contributed by atoms with Crippen molar-refractivity contribution in [3.05, 3.63) is 65.7 Å². The van der Waals surface area contributed by atoms with Gasteiger partial charge < -0.3 is 11.1 Å². The summed E-state index contributed by atoms with van der Waals surface area (Å²) in [6.07, 6.45) is 1.83. The number of nitrogens with two attached hydrogens (primary N) is 1. The lowest BCUT2D eigenvalue weighted by atomic mass is 10.1. The molecule has 6 nitrogen and oxygen atoms in total. The van der Waals surface area contributed by atoms with Gasteiger partial charge in [-0.15, -0.1) is 11.3 Å². The lowest BCUT2D eigenvalue weighted by Gasteiger charge is -2.19. The third-order valence-corrected chi connectivity index (χ3v) is 5.15. The van der Waals surface area contributed by atoms with Gasteiger partial charge in [0.15, 0.2) is 5.65 Å². The van der Waals surface area contributed by atoms with Gasteiger partial charge in [0.25, 0.3) is 5.91 Å². The van der Waals surface area contributed by atoms with Crippen LogP contribution < -0.4 is 11.1 Å². The molecule has 0 saturated carbocycles. The van der Waals surface area contributed by atoms with Crippen molar-refractivity contribution in [3.8, 4) is 21.8 Å². The van der Waals surface area contributed by atoms with Gasteiger partial charge in [0.2, 0.25) is 0 Å². The first-order valence-corrected chi connectivity index (χ1v) is 9.85. The number of hydrogen-bond donors (Lipinski definition) is 2. The van der Waals surface area contributed by atoms with Crippen molar-refractivity contribution in [1.82, 2.24) is 19.9 Å². The molecule has 3 heterocycles. The van der Waals surface area contributed by atoms with E-state index in [2.05, 4.69) is 10.3 Å². The van der Waals surface area contributed by atoms with Crippen molar-refractivity contribution in [2.45, 2.75) is 19.4 Å². The maximum absolute atomic E-state index is 12.5. The molecular weight excluding hydrogens is 370 g/mol. The number of imidazole rings is 1. The second-order valence-electron chi connectivity index (χ2n) is 7.36. The highest BCUT2D eigenvalue weighted by Crippen LogP contribution is 2.26. The minimum absolute atomic E-state index is 0.150. The number of aromatic nitrogens is 3. The highest BCUT2D eigenvalue weighted by molar-refractivity contribution is 7.13. The number of benzene rings is 1. The number of rotatable bonds is 5. The molecule has 3 aromatic heterocycles. The highest BCUT2D eigenvalue weighted by atomic mass is 32.1. The molecule has 0 aliphatic heterocycles. The number of carbonyl (C=O) groups excluding carboxylic acids is 1. The Labute approximate surface area is 167 Å². The van der Waals surface area contributed by atoms with Gasteiger partial charge in [-0.1, -0.05) is 18.2 Å². The van der Waals surface area contributed by atoms with Gasteiger partial charge in [0.1, 0.15) is 5.69 Å². The molecule has 28 heavy (non-hydrogen) atoms. The van der Waals surface area contributed by atoms with E-state index >= 15 is 0 Å². The molecule has 0 aliphatic carbocycles. The fraction of sp³-hybridized carbons (Fsp3) is 0.190. The molecule has 4 aromatic rings. The Balaban J connectivity index is 1.67. The normalized spacial score (nSPS) is 11.7. The molecule has 3 N–H and O–H groups in total. The molecule has 7 heteroatoms. The van der Waals surface area contributed by atoms with Crippen LogP contribution in [0.15, 0.2) is 60.1 Å². The number of nitrogens with one attached hydrogen (secondary N) is 1. The van der Waals surface area contributed by atoms with Crippen LogP contribution in [0, 0.1) is 0 Å². The molecule has 1 amide bonds. The Hall–Kier alpha value is -3.03. The van der Waals surface area contributed by atoms with E-state index in [9.17, 15) is 4.79 Å². The molecule has 0 atom stereocenters. The smallest absolute Gasteiger partial charge is 0.251 e. The van der Waals surface area contributed by atoms with Crippen LogP contribution in [0.5, 0.6) is 0 Å². The first-order valence-electron chi connectivity index (χ1n) is 8.97. The molecule has 142 valence electrons. The van der Waals surface area contributed by atoms with Crippen molar-refractivity contribution >= 4 is 22.9 Å². The predicted molar refractivity (Wildman–Crippen MR) is 112 cm³/mol. The Bertz CT molecular complexity index is 1130. The maximum Gasteiger partial charge on any atom is 0.251 e. The topological polar surface area (TPSA) is 85.3 Å². The number of carbonyl (C=O) groups is 1. The fourth-order valence-electron chi connectivity index (χ4n) is 2.85. The number of thiophene rings is 1. The molecule has 0 spiro atoms. The Kier molecular flexibility index (Phi) is 4.70. The summed E-state index contributed by atoms with van der Waals surface area (Å²) < 4.78 is 1.84. The Morgan fingerprint density at radius 3 is 2.82 bits per heavy atom. The number of amides is 1. The maximum atomic E-state index is 12.5. The molecule has 0 aliphatic rings. The number of nitrogens with zero attached hydrogens (tertiary/aromatic N) is 3. The van der Waals surface area contributed by atoms with E-state index in [1.807, 2.05) is 72.4 Å². The average Bonchev–Trinajstić information content (AvgIpc) is 3.34. The minimum Gasteiger partial charge on any atom is -0.350 e. The molecule has 0 fully saturated rings. The zero-order valence-corrected chi connectivity index (χ0v) is 16.5. The van der Waals surface area contributed by atoms with Gasteiger partial charge in [0.05, 0.1) is 16.8 Å². The van der Waals surface area contributed by atoms with Crippen molar-refractivity contribution in [2.24, 2.45) is 5.73 Å². The van der Waals surface area contributed by atoms with E-state index in [1.54, 1.807) is 17.4 Å². The van der Waals surface area contributed by atoms with Gasteiger partial charge >= 0.3 is 0 Å². The van der Waals surface area contributed by atoms with Crippen molar-refractivity contribution in [1.29, 1.82) is 0 Å². The quantitative estimate of drug-likeness (QED) is 0.544. The van der Waals surface area contributed by atoms with Gasteiger partial charge in [-0.2, -0.15) is 5.10 Å². The second kappa shape index (κ2) is 7.18. The van der Waals surface area contributed by atoms with E-state index in [-0.39, 0.29) is 5.91 Å². The molecule has 0 radical (unpaired) electrons. The van der Waals surface area contributed by atoms with Crippen molar-refractivity contribution < 1.29 is 4.79 Å². The molecule has 4 rings (SSSR count). The molecule has 1 aromatic carbocycles. The number of hydrogen-bond acceptors (Lipinski definition) is 5. The lowest BCUT2D eigenvalue weighted by molar-refractivity contribution is 0.0946. The second-order valence-corrected chi connectivity index (χ2v) is 8.31. The van der Waals surface area contributed by atoms with E-state index in [4.69, 9.17) is 10.8 Å². The molecule has 0 saturated heterocycles. The third kappa shape index (κ3) is 3.81. The van der Waals surface area contributed by atoms with Crippen LogP contribution >= 0.6 is 11.3 Å². The van der Waals surface area contributed by atoms with Crippen LogP contribution in [-0.4, -0.2) is 32.6 Å². The standard InChI is InChI=1S/C21H21N5OS/c1-21(2,22)13-24-20(27)15-6-3-5-14(11-15)16-8-9-19-23-12-17(26(19)25-16)18-7-4-10-28-18/h3-12H,13,22H2,1-2H3,(H,24,27). The van der Waals surface area contributed by atoms with Gasteiger partial charge in [-0.25, -0.2) is 9.50 Å². The van der Waals surface area contributed by atoms with Gasteiger partial charge in [-0.05, 0) is 49.6 Å². The minimum atomic E-state index is -0.459. The van der Waals surface area contributed by atoms with E-state index < -0.39 is 5.54 Å². The predicted octanol–water partition coefficient (Wildman–Crippen LogP) is 3.59. The largest absolute Gasteiger partial charge is 0.350 e. The van der Waals surface area contributed by atoms with E-state index in [1.165, 1.54) is 0 Å². The SMILES string of the molecule is CC(C)(N)CNC(=O)c1cccc(-c2ccc3ncc(-c4cccs4)n3n2)c1. The zero-order valence-electron chi connectivity index (χ0n) is 15.7.